The Hall–Kier alpha value is -1.27. The van der Waals surface area contributed by atoms with Gasteiger partial charge in [-0.15, -0.1) is 0 Å². The Morgan fingerprint density at radius 3 is 2.95 bits per heavy atom. The van der Waals surface area contributed by atoms with Gasteiger partial charge in [0.1, 0.15) is 5.82 Å². The van der Waals surface area contributed by atoms with Gasteiger partial charge in [0.05, 0.1) is 21.8 Å². The summed E-state index contributed by atoms with van der Waals surface area (Å²) < 4.78 is 15.7. The lowest BCUT2D eigenvalue weighted by Crippen LogP contribution is -2.09. The Bertz CT molecular complexity index is 715. The van der Waals surface area contributed by atoms with Gasteiger partial charge in [0.2, 0.25) is 0 Å². The molecule has 0 spiro atoms. The molecule has 7 heteroatoms. The minimum atomic E-state index is -0.901. The monoisotopic (exact) mass is 328 g/mol. The number of hydrogen-bond acceptors (Lipinski definition) is 3. The first kappa shape index (κ1) is 14.7. The number of benzene rings is 1. The Kier molecular flexibility index (Phi) is 3.84. The van der Waals surface area contributed by atoms with Gasteiger partial charge in [-0.3, -0.25) is 4.79 Å². The van der Waals surface area contributed by atoms with E-state index in [1.165, 1.54) is 12.1 Å². The predicted molar refractivity (Wildman–Crippen MR) is 80.5 cm³/mol. The first-order valence-electron chi connectivity index (χ1n) is 6.69. The van der Waals surface area contributed by atoms with E-state index in [0.29, 0.717) is 22.1 Å². The molecule has 1 atom stereocenters. The van der Waals surface area contributed by atoms with Crippen LogP contribution in [0.4, 0.5) is 4.39 Å². The highest BCUT2D eigenvalue weighted by molar-refractivity contribution is 7.99. The Morgan fingerprint density at radius 1 is 1.62 bits per heavy atom. The molecule has 1 unspecified atom stereocenters. The number of carboxylic acid groups (broad SMARTS) is 1. The number of hydrogen-bond donors (Lipinski definition) is 1. The molecule has 1 heterocycles. The molecule has 0 saturated heterocycles. The van der Waals surface area contributed by atoms with Gasteiger partial charge in [-0.2, -0.15) is 0 Å². The number of nitrogens with zero attached hydrogens (tertiary/aromatic N) is 2. The Labute approximate surface area is 130 Å². The fourth-order valence-electron chi connectivity index (χ4n) is 2.48. The third kappa shape index (κ3) is 2.87. The SMILES string of the molecule is CC(C1CC1)n1c(SCC(=O)O)nc2cc(Cl)c(F)cc21. The number of halogens is 2. The van der Waals surface area contributed by atoms with Crippen LogP contribution in [-0.4, -0.2) is 26.4 Å². The molecule has 112 valence electrons. The van der Waals surface area contributed by atoms with E-state index in [0.717, 1.165) is 24.6 Å². The first-order valence-corrected chi connectivity index (χ1v) is 8.05. The van der Waals surface area contributed by atoms with Crippen molar-refractivity contribution in [1.82, 2.24) is 9.55 Å². The normalized spacial score (nSPS) is 16.3. The summed E-state index contributed by atoms with van der Waals surface area (Å²) in [5, 5.41) is 9.48. The van der Waals surface area contributed by atoms with Crippen LogP contribution in [0.15, 0.2) is 17.3 Å². The molecule has 1 aliphatic rings. The molecule has 21 heavy (non-hydrogen) atoms. The van der Waals surface area contributed by atoms with E-state index in [2.05, 4.69) is 11.9 Å². The summed E-state index contributed by atoms with van der Waals surface area (Å²) in [6, 6.07) is 3.05. The summed E-state index contributed by atoms with van der Waals surface area (Å²) in [6.07, 6.45) is 2.28. The number of aromatic nitrogens is 2. The fourth-order valence-corrected chi connectivity index (χ4v) is 3.46. The van der Waals surface area contributed by atoms with Crippen LogP contribution >= 0.6 is 23.4 Å². The molecule has 1 aromatic heterocycles. The number of carboxylic acids is 1. The number of aliphatic carboxylic acids is 1. The van der Waals surface area contributed by atoms with Gasteiger partial charge in [-0.1, -0.05) is 23.4 Å². The third-order valence-corrected chi connectivity index (χ3v) is 4.96. The standard InChI is InChI=1S/C14H14ClFN2O2S/c1-7(8-2-3-8)18-12-5-10(16)9(15)4-11(12)17-14(18)21-6-13(19)20/h4-5,7-8H,2-3,6H2,1H3,(H,19,20). The lowest BCUT2D eigenvalue weighted by atomic mass is 10.2. The van der Waals surface area contributed by atoms with Crippen molar-refractivity contribution in [3.05, 3.63) is 23.0 Å². The Morgan fingerprint density at radius 2 is 2.33 bits per heavy atom. The van der Waals surface area contributed by atoms with Crippen LogP contribution in [0.2, 0.25) is 5.02 Å². The topological polar surface area (TPSA) is 55.1 Å². The number of imidazole rings is 1. The second kappa shape index (κ2) is 5.50. The maximum Gasteiger partial charge on any atom is 0.313 e. The van der Waals surface area contributed by atoms with Crippen LogP contribution < -0.4 is 0 Å². The summed E-state index contributed by atoms with van der Waals surface area (Å²) in [5.74, 6) is -0.910. The minimum Gasteiger partial charge on any atom is -0.481 e. The van der Waals surface area contributed by atoms with Crippen molar-refractivity contribution in [2.75, 3.05) is 5.75 Å². The maximum absolute atomic E-state index is 13.8. The van der Waals surface area contributed by atoms with Crippen molar-refractivity contribution in [3.63, 3.8) is 0 Å². The molecular weight excluding hydrogens is 315 g/mol. The number of fused-ring (bicyclic) bond motifs is 1. The van der Waals surface area contributed by atoms with Gasteiger partial charge in [0.25, 0.3) is 0 Å². The zero-order valence-corrected chi connectivity index (χ0v) is 12.9. The van der Waals surface area contributed by atoms with Crippen molar-refractivity contribution >= 4 is 40.4 Å². The van der Waals surface area contributed by atoms with E-state index in [4.69, 9.17) is 16.7 Å². The lowest BCUT2D eigenvalue weighted by Gasteiger charge is -2.16. The highest BCUT2D eigenvalue weighted by atomic mass is 35.5. The molecular formula is C14H14ClFN2O2S. The van der Waals surface area contributed by atoms with Crippen molar-refractivity contribution in [2.24, 2.45) is 5.92 Å². The van der Waals surface area contributed by atoms with E-state index in [1.807, 2.05) is 4.57 Å². The molecule has 0 aliphatic heterocycles. The summed E-state index contributed by atoms with van der Waals surface area (Å²) in [4.78, 5) is 15.2. The molecule has 1 N–H and O–H groups in total. The van der Waals surface area contributed by atoms with Gasteiger partial charge >= 0.3 is 5.97 Å². The zero-order chi connectivity index (χ0) is 15.1. The van der Waals surface area contributed by atoms with Gasteiger partial charge in [-0.25, -0.2) is 9.37 Å². The van der Waals surface area contributed by atoms with Crippen LogP contribution in [0.25, 0.3) is 11.0 Å². The van der Waals surface area contributed by atoms with Crippen LogP contribution in [0.5, 0.6) is 0 Å². The number of thioether (sulfide) groups is 1. The molecule has 0 amide bonds. The second-order valence-corrected chi connectivity index (χ2v) is 6.63. The Balaban J connectivity index is 2.10. The van der Waals surface area contributed by atoms with Crippen molar-refractivity contribution < 1.29 is 14.3 Å². The maximum atomic E-state index is 13.8. The van der Waals surface area contributed by atoms with Gasteiger partial charge in [-0.05, 0) is 31.7 Å². The first-order chi connectivity index (χ1) is 9.97. The average molecular weight is 329 g/mol. The number of rotatable bonds is 5. The van der Waals surface area contributed by atoms with E-state index in [9.17, 15) is 9.18 Å². The molecule has 0 bridgehead atoms. The molecule has 1 aliphatic carbocycles. The van der Waals surface area contributed by atoms with Crippen LogP contribution in [0.1, 0.15) is 25.8 Å². The lowest BCUT2D eigenvalue weighted by molar-refractivity contribution is -0.133. The van der Waals surface area contributed by atoms with Gasteiger partial charge in [0, 0.05) is 12.1 Å². The van der Waals surface area contributed by atoms with Crippen molar-refractivity contribution in [2.45, 2.75) is 31.0 Å². The van der Waals surface area contributed by atoms with Crippen molar-refractivity contribution in [1.29, 1.82) is 0 Å². The summed E-state index contributed by atoms with van der Waals surface area (Å²) in [5.41, 5.74) is 1.27. The smallest absolute Gasteiger partial charge is 0.313 e. The third-order valence-electron chi connectivity index (χ3n) is 3.74. The molecule has 3 rings (SSSR count). The summed E-state index contributed by atoms with van der Waals surface area (Å²) >= 11 is 6.96. The molecule has 1 saturated carbocycles. The summed E-state index contributed by atoms with van der Waals surface area (Å²) in [6.45, 7) is 2.07. The molecule has 0 radical (unpaired) electrons. The van der Waals surface area contributed by atoms with Gasteiger partial charge in [0.15, 0.2) is 5.16 Å². The number of carbonyl (C=O) groups is 1. The second-order valence-electron chi connectivity index (χ2n) is 5.28. The van der Waals surface area contributed by atoms with E-state index < -0.39 is 11.8 Å². The predicted octanol–water partition coefficient (Wildman–Crippen LogP) is 3.98. The molecule has 4 nitrogen and oxygen atoms in total. The van der Waals surface area contributed by atoms with Crippen molar-refractivity contribution in [3.8, 4) is 0 Å². The van der Waals surface area contributed by atoms with E-state index in [-0.39, 0.29) is 16.8 Å². The highest BCUT2D eigenvalue weighted by Gasteiger charge is 2.32. The average Bonchev–Trinajstić information content (AvgIpc) is 3.20. The fraction of sp³-hybridized carbons (Fsp3) is 0.429. The molecule has 1 fully saturated rings. The molecule has 1 aromatic carbocycles. The highest BCUT2D eigenvalue weighted by Crippen LogP contribution is 2.43. The van der Waals surface area contributed by atoms with Gasteiger partial charge < -0.3 is 9.67 Å². The molecule has 2 aromatic rings. The van der Waals surface area contributed by atoms with Crippen LogP contribution in [0.3, 0.4) is 0 Å². The quantitative estimate of drug-likeness (QED) is 0.844. The van der Waals surface area contributed by atoms with Crippen LogP contribution in [0, 0.1) is 11.7 Å². The van der Waals surface area contributed by atoms with E-state index >= 15 is 0 Å². The summed E-state index contributed by atoms with van der Waals surface area (Å²) in [7, 11) is 0. The minimum absolute atomic E-state index is 0.0287. The largest absolute Gasteiger partial charge is 0.481 e. The van der Waals surface area contributed by atoms with E-state index in [1.54, 1.807) is 0 Å². The van der Waals surface area contributed by atoms with Crippen LogP contribution in [-0.2, 0) is 4.79 Å². The zero-order valence-electron chi connectivity index (χ0n) is 11.3.